The Balaban J connectivity index is 1.58. The first-order valence-electron chi connectivity index (χ1n) is 8.77. The van der Waals surface area contributed by atoms with Gasteiger partial charge in [0.1, 0.15) is 24.2 Å². The van der Waals surface area contributed by atoms with Gasteiger partial charge in [-0.2, -0.15) is 0 Å². The van der Waals surface area contributed by atoms with Gasteiger partial charge in [-0.25, -0.2) is 4.98 Å². The summed E-state index contributed by atoms with van der Waals surface area (Å²) in [5.74, 6) is 0.444. The van der Waals surface area contributed by atoms with Gasteiger partial charge < -0.3 is 19.8 Å². The van der Waals surface area contributed by atoms with Crippen LogP contribution < -0.4 is 15.4 Å². The molecule has 148 valence electrons. The summed E-state index contributed by atoms with van der Waals surface area (Å²) in [7, 11) is 0. The van der Waals surface area contributed by atoms with E-state index in [1.165, 1.54) is 12.3 Å². The molecule has 0 atom stereocenters. The van der Waals surface area contributed by atoms with E-state index in [4.69, 9.17) is 20.8 Å². The van der Waals surface area contributed by atoms with Crippen LogP contribution in [0.25, 0.3) is 22.7 Å². The number of oxazole rings is 1. The number of benzene rings is 2. The molecule has 2 aromatic carbocycles. The summed E-state index contributed by atoms with van der Waals surface area (Å²) in [6, 6.07) is 11.8. The van der Waals surface area contributed by atoms with Crippen LogP contribution >= 0.6 is 11.6 Å². The lowest BCUT2D eigenvalue weighted by Crippen LogP contribution is -2.50. The summed E-state index contributed by atoms with van der Waals surface area (Å²) in [4.78, 5) is 15.5. The lowest BCUT2D eigenvalue weighted by atomic mass is 10.1. The Morgan fingerprint density at radius 1 is 1.17 bits per heavy atom. The molecule has 1 aliphatic heterocycles. The first kappa shape index (κ1) is 18.8. The third-order valence-corrected chi connectivity index (χ3v) is 4.70. The van der Waals surface area contributed by atoms with Crippen molar-refractivity contribution < 1.29 is 14.1 Å². The quantitative estimate of drug-likeness (QED) is 0.458. The first-order valence-corrected chi connectivity index (χ1v) is 9.15. The number of ether oxygens (including phenoxy) is 1. The molecule has 1 aliphatic rings. The Morgan fingerprint density at radius 3 is 2.55 bits per heavy atom. The number of aromatic nitrogens is 1. The molecule has 0 amide bonds. The van der Waals surface area contributed by atoms with Crippen LogP contribution in [0.5, 0.6) is 5.75 Å². The van der Waals surface area contributed by atoms with E-state index in [2.05, 4.69) is 15.6 Å². The molecule has 9 heteroatoms. The SMILES string of the molecule is CC1(COc2ccc(-c3nc(-c4ccc(Cl)cc4)co3)cc2[N+](=O)[O-])NC=CN1. The molecule has 8 nitrogen and oxygen atoms in total. The molecule has 2 N–H and O–H groups in total. The number of nitrogens with one attached hydrogen (secondary N) is 2. The Kier molecular flexibility index (Phi) is 4.85. The molecule has 3 aromatic rings. The molecule has 29 heavy (non-hydrogen) atoms. The van der Waals surface area contributed by atoms with Gasteiger partial charge in [-0.1, -0.05) is 23.7 Å². The topological polar surface area (TPSA) is 102 Å². The van der Waals surface area contributed by atoms with Crippen LogP contribution in [-0.4, -0.2) is 22.2 Å². The molecular formula is C20H17ClN4O4. The Morgan fingerprint density at radius 2 is 1.86 bits per heavy atom. The maximum atomic E-state index is 11.6. The van der Waals surface area contributed by atoms with Crippen LogP contribution in [0.3, 0.4) is 0 Å². The highest BCUT2D eigenvalue weighted by atomic mass is 35.5. The average molecular weight is 413 g/mol. The van der Waals surface area contributed by atoms with Crippen molar-refractivity contribution in [1.82, 2.24) is 15.6 Å². The normalized spacial score (nSPS) is 14.3. The minimum Gasteiger partial charge on any atom is -0.482 e. The number of halogens is 1. The number of nitro benzene ring substituents is 1. The summed E-state index contributed by atoms with van der Waals surface area (Å²) in [5, 5.41) is 18.4. The minimum absolute atomic E-state index is 0.164. The molecule has 0 saturated carbocycles. The van der Waals surface area contributed by atoms with Crippen molar-refractivity contribution in [3.05, 3.63) is 76.3 Å². The van der Waals surface area contributed by atoms with Crippen LogP contribution in [0.4, 0.5) is 5.69 Å². The van der Waals surface area contributed by atoms with E-state index in [9.17, 15) is 10.1 Å². The summed E-state index contributed by atoms with van der Waals surface area (Å²) in [6.45, 7) is 2.08. The lowest BCUT2D eigenvalue weighted by molar-refractivity contribution is -0.385. The van der Waals surface area contributed by atoms with Crippen molar-refractivity contribution >= 4 is 17.3 Å². The van der Waals surface area contributed by atoms with Crippen LogP contribution in [0.1, 0.15) is 6.92 Å². The van der Waals surface area contributed by atoms with Crippen molar-refractivity contribution in [2.24, 2.45) is 0 Å². The van der Waals surface area contributed by atoms with E-state index in [1.54, 1.807) is 36.7 Å². The van der Waals surface area contributed by atoms with E-state index < -0.39 is 10.6 Å². The molecule has 0 spiro atoms. The molecule has 0 radical (unpaired) electrons. The second kappa shape index (κ2) is 7.48. The maximum Gasteiger partial charge on any atom is 0.311 e. The van der Waals surface area contributed by atoms with Crippen molar-refractivity contribution in [2.75, 3.05) is 6.61 Å². The second-order valence-electron chi connectivity index (χ2n) is 6.73. The average Bonchev–Trinajstić information content (AvgIpc) is 3.37. The van der Waals surface area contributed by atoms with Gasteiger partial charge in [-0.15, -0.1) is 0 Å². The van der Waals surface area contributed by atoms with Crippen LogP contribution in [0.2, 0.25) is 5.02 Å². The van der Waals surface area contributed by atoms with Crippen LogP contribution in [0, 0.1) is 10.1 Å². The van der Waals surface area contributed by atoms with Crippen molar-refractivity contribution in [2.45, 2.75) is 12.6 Å². The molecule has 0 saturated heterocycles. The third kappa shape index (κ3) is 4.02. The smallest absolute Gasteiger partial charge is 0.311 e. The van der Waals surface area contributed by atoms with Gasteiger partial charge in [0.25, 0.3) is 0 Å². The number of nitrogens with zero attached hydrogens (tertiary/aromatic N) is 2. The van der Waals surface area contributed by atoms with Crippen molar-refractivity contribution in [3.63, 3.8) is 0 Å². The highest BCUT2D eigenvalue weighted by molar-refractivity contribution is 6.30. The first-order chi connectivity index (χ1) is 13.9. The number of hydrogen-bond acceptors (Lipinski definition) is 7. The fourth-order valence-corrected chi connectivity index (χ4v) is 3.00. The van der Waals surface area contributed by atoms with Gasteiger partial charge >= 0.3 is 5.69 Å². The Bertz CT molecular complexity index is 1070. The largest absolute Gasteiger partial charge is 0.482 e. The number of hydrogen-bond donors (Lipinski definition) is 2. The Labute approximate surface area is 171 Å². The molecule has 0 aliphatic carbocycles. The van der Waals surface area contributed by atoms with E-state index in [1.807, 2.05) is 19.1 Å². The monoisotopic (exact) mass is 412 g/mol. The van der Waals surface area contributed by atoms with Gasteiger partial charge in [-0.05, 0) is 31.2 Å². The highest BCUT2D eigenvalue weighted by Crippen LogP contribution is 2.33. The fraction of sp³-hybridized carbons (Fsp3) is 0.150. The standard InChI is InChI=1S/C20H17ClN4O4/c1-20(22-8-9-23-20)12-29-18-7-4-14(10-17(18)25(26)27)19-24-16(11-28-19)13-2-5-15(21)6-3-13/h2-11,22-23H,12H2,1H3. The van der Waals surface area contributed by atoms with Crippen molar-refractivity contribution in [3.8, 4) is 28.5 Å². The van der Waals surface area contributed by atoms with Crippen LogP contribution in [0.15, 0.2) is 65.5 Å². The molecule has 4 rings (SSSR count). The van der Waals surface area contributed by atoms with Crippen molar-refractivity contribution in [1.29, 1.82) is 0 Å². The van der Waals surface area contributed by atoms with E-state index in [-0.39, 0.29) is 23.9 Å². The summed E-state index contributed by atoms with van der Waals surface area (Å²) < 4.78 is 11.2. The summed E-state index contributed by atoms with van der Waals surface area (Å²) >= 11 is 5.91. The van der Waals surface area contributed by atoms with Gasteiger partial charge in [0.15, 0.2) is 5.75 Å². The van der Waals surface area contributed by atoms with Gasteiger partial charge in [0.2, 0.25) is 5.89 Å². The Hall–Kier alpha value is -3.52. The third-order valence-electron chi connectivity index (χ3n) is 4.45. The predicted octanol–water partition coefficient (Wildman–Crippen LogP) is 4.33. The van der Waals surface area contributed by atoms with Gasteiger partial charge in [0.05, 0.1) is 4.92 Å². The zero-order chi connectivity index (χ0) is 20.4. The van der Waals surface area contributed by atoms with Gasteiger partial charge in [0, 0.05) is 34.6 Å². The molecule has 2 heterocycles. The minimum atomic E-state index is -0.525. The number of nitro groups is 1. The zero-order valence-electron chi connectivity index (χ0n) is 15.4. The van der Waals surface area contributed by atoms with E-state index in [0.717, 1.165) is 5.56 Å². The number of rotatable bonds is 6. The second-order valence-corrected chi connectivity index (χ2v) is 7.16. The molecule has 0 bridgehead atoms. The highest BCUT2D eigenvalue weighted by Gasteiger charge is 2.27. The van der Waals surface area contributed by atoms with E-state index >= 15 is 0 Å². The zero-order valence-corrected chi connectivity index (χ0v) is 16.1. The van der Waals surface area contributed by atoms with E-state index in [0.29, 0.717) is 16.3 Å². The van der Waals surface area contributed by atoms with Crippen LogP contribution in [-0.2, 0) is 0 Å². The molecule has 0 unspecified atom stereocenters. The molecule has 0 fully saturated rings. The maximum absolute atomic E-state index is 11.6. The fourth-order valence-electron chi connectivity index (χ4n) is 2.87. The lowest BCUT2D eigenvalue weighted by Gasteiger charge is -2.25. The van der Waals surface area contributed by atoms with Gasteiger partial charge in [-0.3, -0.25) is 10.1 Å². The predicted molar refractivity (Wildman–Crippen MR) is 108 cm³/mol. The summed E-state index contributed by atoms with van der Waals surface area (Å²) in [5.41, 5.74) is 1.23. The molecular weight excluding hydrogens is 396 g/mol. The molecule has 1 aromatic heterocycles. The summed E-state index contributed by atoms with van der Waals surface area (Å²) in [6.07, 6.45) is 5.00.